The molecule has 1 N–H and O–H groups in total. The number of halogens is 1. The number of fused-ring (bicyclic) bond motifs is 1. The number of aryl methyl sites for hydroxylation is 1. The lowest BCUT2D eigenvalue weighted by molar-refractivity contribution is -0.118. The number of carbonyl (C=O) groups excluding carboxylic acids is 1. The summed E-state index contributed by atoms with van der Waals surface area (Å²) >= 11 is 6.00. The van der Waals surface area contributed by atoms with E-state index in [1.165, 1.54) is 0 Å². The molecule has 0 aliphatic carbocycles. The van der Waals surface area contributed by atoms with Crippen molar-refractivity contribution in [3.63, 3.8) is 0 Å². The van der Waals surface area contributed by atoms with E-state index in [4.69, 9.17) is 16.3 Å². The van der Waals surface area contributed by atoms with Crippen molar-refractivity contribution in [2.45, 2.75) is 13.3 Å². The molecule has 0 aromatic heterocycles. The molecule has 0 atom stereocenters. The van der Waals surface area contributed by atoms with Crippen molar-refractivity contribution >= 4 is 23.2 Å². The molecular formula is C10H10ClNO2. The van der Waals surface area contributed by atoms with E-state index in [1.807, 2.05) is 19.1 Å². The van der Waals surface area contributed by atoms with Crippen LogP contribution in [-0.2, 0) is 11.2 Å². The lowest BCUT2D eigenvalue weighted by Gasteiger charge is -2.19. The highest BCUT2D eigenvalue weighted by Crippen LogP contribution is 2.36. The molecule has 14 heavy (non-hydrogen) atoms. The van der Waals surface area contributed by atoms with Crippen molar-refractivity contribution in [2.75, 3.05) is 11.9 Å². The molecule has 0 fully saturated rings. The Balaban J connectivity index is 2.48. The second kappa shape index (κ2) is 3.50. The molecule has 0 saturated heterocycles. The summed E-state index contributed by atoms with van der Waals surface area (Å²) in [4.78, 5) is 11.1. The Morgan fingerprint density at radius 2 is 2.36 bits per heavy atom. The van der Waals surface area contributed by atoms with Gasteiger partial charge in [0.05, 0.1) is 10.7 Å². The first-order chi connectivity index (χ1) is 6.70. The largest absolute Gasteiger partial charge is 0.480 e. The van der Waals surface area contributed by atoms with Crippen molar-refractivity contribution in [3.8, 4) is 5.75 Å². The third kappa shape index (κ3) is 1.55. The van der Waals surface area contributed by atoms with Gasteiger partial charge in [-0.25, -0.2) is 0 Å². The normalized spacial score (nSPS) is 14.3. The molecule has 0 unspecified atom stereocenters. The van der Waals surface area contributed by atoms with E-state index in [9.17, 15) is 4.79 Å². The van der Waals surface area contributed by atoms with Crippen LogP contribution >= 0.6 is 11.6 Å². The van der Waals surface area contributed by atoms with E-state index in [-0.39, 0.29) is 12.5 Å². The summed E-state index contributed by atoms with van der Waals surface area (Å²) in [5.74, 6) is 0.435. The van der Waals surface area contributed by atoms with E-state index in [0.29, 0.717) is 16.5 Å². The van der Waals surface area contributed by atoms with Crippen LogP contribution in [0, 0.1) is 0 Å². The third-order valence-corrected chi connectivity index (χ3v) is 2.41. The van der Waals surface area contributed by atoms with Crippen molar-refractivity contribution in [3.05, 3.63) is 22.7 Å². The van der Waals surface area contributed by atoms with E-state index >= 15 is 0 Å². The summed E-state index contributed by atoms with van der Waals surface area (Å²) in [7, 11) is 0. The monoisotopic (exact) mass is 211 g/mol. The van der Waals surface area contributed by atoms with E-state index in [2.05, 4.69) is 5.32 Å². The summed E-state index contributed by atoms with van der Waals surface area (Å²) in [6.07, 6.45) is 0.878. The van der Waals surface area contributed by atoms with E-state index < -0.39 is 0 Å². The minimum absolute atomic E-state index is 0.0399. The van der Waals surface area contributed by atoms with Gasteiger partial charge in [-0.3, -0.25) is 4.79 Å². The first kappa shape index (κ1) is 9.34. The van der Waals surface area contributed by atoms with Crippen LogP contribution in [0.15, 0.2) is 12.1 Å². The van der Waals surface area contributed by atoms with Crippen LogP contribution < -0.4 is 10.1 Å². The lowest BCUT2D eigenvalue weighted by Crippen LogP contribution is -2.25. The molecule has 1 aromatic rings. The zero-order valence-electron chi connectivity index (χ0n) is 7.76. The number of benzene rings is 1. The third-order valence-electron chi connectivity index (χ3n) is 2.13. The zero-order chi connectivity index (χ0) is 10.1. The van der Waals surface area contributed by atoms with Crippen molar-refractivity contribution < 1.29 is 9.53 Å². The zero-order valence-corrected chi connectivity index (χ0v) is 8.52. The quantitative estimate of drug-likeness (QED) is 0.774. The maximum atomic E-state index is 11.1. The van der Waals surface area contributed by atoms with Crippen molar-refractivity contribution in [1.82, 2.24) is 0 Å². The molecule has 1 heterocycles. The number of carbonyl (C=O) groups is 1. The minimum Gasteiger partial charge on any atom is -0.480 e. The molecule has 0 bridgehead atoms. The smallest absolute Gasteiger partial charge is 0.262 e. The van der Waals surface area contributed by atoms with Gasteiger partial charge in [-0.2, -0.15) is 0 Å². The van der Waals surface area contributed by atoms with Crippen LogP contribution in [0.2, 0.25) is 5.02 Å². The molecule has 0 radical (unpaired) electrons. The van der Waals surface area contributed by atoms with Gasteiger partial charge in [0.1, 0.15) is 0 Å². The molecule has 0 spiro atoms. The molecule has 2 rings (SSSR count). The Morgan fingerprint density at radius 1 is 1.57 bits per heavy atom. The average molecular weight is 212 g/mol. The number of hydrogen-bond acceptors (Lipinski definition) is 2. The highest BCUT2D eigenvalue weighted by atomic mass is 35.5. The van der Waals surface area contributed by atoms with Gasteiger partial charge in [-0.15, -0.1) is 0 Å². The van der Waals surface area contributed by atoms with Gasteiger partial charge < -0.3 is 10.1 Å². The number of nitrogens with one attached hydrogen (secondary N) is 1. The molecule has 74 valence electrons. The van der Waals surface area contributed by atoms with Crippen LogP contribution in [0.25, 0.3) is 0 Å². The predicted octanol–water partition coefficient (Wildman–Crippen LogP) is 2.23. The van der Waals surface area contributed by atoms with E-state index in [1.54, 1.807) is 0 Å². The molecular weight excluding hydrogens is 202 g/mol. The maximum Gasteiger partial charge on any atom is 0.262 e. The molecule has 3 nitrogen and oxygen atoms in total. The van der Waals surface area contributed by atoms with Gasteiger partial charge in [0, 0.05) is 0 Å². The summed E-state index contributed by atoms with van der Waals surface area (Å²) in [6, 6.07) is 3.75. The maximum absolute atomic E-state index is 11.1. The Labute approximate surface area is 87.0 Å². The Morgan fingerprint density at radius 3 is 3.07 bits per heavy atom. The van der Waals surface area contributed by atoms with Gasteiger partial charge in [0.2, 0.25) is 0 Å². The molecule has 1 aliphatic rings. The number of anilines is 1. The first-order valence-corrected chi connectivity index (χ1v) is 4.83. The fraction of sp³-hybridized carbons (Fsp3) is 0.300. The lowest BCUT2D eigenvalue weighted by atomic mass is 10.1. The highest BCUT2D eigenvalue weighted by Gasteiger charge is 2.18. The van der Waals surface area contributed by atoms with Gasteiger partial charge >= 0.3 is 0 Å². The van der Waals surface area contributed by atoms with Crippen LogP contribution in [-0.4, -0.2) is 12.5 Å². The van der Waals surface area contributed by atoms with Crippen LogP contribution in [0.4, 0.5) is 5.69 Å². The van der Waals surface area contributed by atoms with Crippen LogP contribution in [0.1, 0.15) is 12.5 Å². The SMILES string of the molecule is CCc1cc(Cl)c2c(c1)NC(=O)CO2. The van der Waals surface area contributed by atoms with Crippen LogP contribution in [0.3, 0.4) is 0 Å². The Hall–Kier alpha value is -1.22. The summed E-state index contributed by atoms with van der Waals surface area (Å²) in [6.45, 7) is 2.07. The topological polar surface area (TPSA) is 38.3 Å². The predicted molar refractivity (Wildman–Crippen MR) is 55.0 cm³/mol. The molecule has 1 aliphatic heterocycles. The highest BCUT2D eigenvalue weighted by molar-refractivity contribution is 6.32. The van der Waals surface area contributed by atoms with Crippen LogP contribution in [0.5, 0.6) is 5.75 Å². The molecule has 4 heteroatoms. The summed E-state index contributed by atoms with van der Waals surface area (Å²) in [5, 5.41) is 3.28. The standard InChI is InChI=1S/C10H10ClNO2/c1-2-6-3-7(11)10-8(4-6)12-9(13)5-14-10/h3-4H,2,5H2,1H3,(H,12,13). The average Bonchev–Trinajstić information content (AvgIpc) is 2.16. The number of rotatable bonds is 1. The second-order valence-electron chi connectivity index (χ2n) is 3.14. The first-order valence-electron chi connectivity index (χ1n) is 4.45. The number of ether oxygens (including phenoxy) is 1. The van der Waals surface area contributed by atoms with Gasteiger partial charge in [-0.1, -0.05) is 18.5 Å². The fourth-order valence-electron chi connectivity index (χ4n) is 1.42. The molecule has 1 amide bonds. The fourth-order valence-corrected chi connectivity index (χ4v) is 1.71. The number of amides is 1. The van der Waals surface area contributed by atoms with Gasteiger partial charge in [0.25, 0.3) is 5.91 Å². The molecule has 0 saturated carbocycles. The van der Waals surface area contributed by atoms with E-state index in [0.717, 1.165) is 12.0 Å². The minimum atomic E-state index is -0.137. The molecule has 1 aromatic carbocycles. The second-order valence-corrected chi connectivity index (χ2v) is 3.55. The van der Waals surface area contributed by atoms with Crippen molar-refractivity contribution in [1.29, 1.82) is 0 Å². The Bertz CT molecular complexity index is 390. The van der Waals surface area contributed by atoms with Gasteiger partial charge in [-0.05, 0) is 24.1 Å². The summed E-state index contributed by atoms with van der Waals surface area (Å²) < 4.78 is 5.22. The van der Waals surface area contributed by atoms with Crippen molar-refractivity contribution in [2.24, 2.45) is 0 Å². The summed E-state index contributed by atoms with van der Waals surface area (Å²) in [5.41, 5.74) is 1.75. The Kier molecular flexibility index (Phi) is 2.33. The van der Waals surface area contributed by atoms with Gasteiger partial charge in [0.15, 0.2) is 12.4 Å². The number of hydrogen-bond donors (Lipinski definition) is 1.